The van der Waals surface area contributed by atoms with Gasteiger partial charge in [0.25, 0.3) is 5.91 Å². The van der Waals surface area contributed by atoms with E-state index in [1.807, 2.05) is 0 Å². The summed E-state index contributed by atoms with van der Waals surface area (Å²) < 4.78 is 18.0. The highest BCUT2D eigenvalue weighted by Gasteiger charge is 2.26. The molecule has 2 N–H and O–H groups in total. The molecule has 2 rings (SSSR count). The van der Waals surface area contributed by atoms with Crippen molar-refractivity contribution in [3.05, 3.63) is 30.1 Å². The van der Waals surface area contributed by atoms with Crippen LogP contribution in [-0.2, 0) is 9.53 Å². The van der Waals surface area contributed by atoms with E-state index in [1.165, 1.54) is 12.1 Å². The number of nitrogens with two attached hydrogens (primary N) is 1. The van der Waals surface area contributed by atoms with Gasteiger partial charge in [-0.3, -0.25) is 4.79 Å². The minimum atomic E-state index is -0.320. The van der Waals surface area contributed by atoms with Crippen LogP contribution in [0.2, 0.25) is 0 Å². The van der Waals surface area contributed by atoms with E-state index in [9.17, 15) is 9.18 Å². The number of halogens is 1. The van der Waals surface area contributed by atoms with E-state index in [0.29, 0.717) is 18.8 Å². The fourth-order valence-corrected chi connectivity index (χ4v) is 1.64. The summed E-state index contributed by atoms with van der Waals surface area (Å²) in [5, 5.41) is 0. The minimum Gasteiger partial charge on any atom is -0.365 e. The van der Waals surface area contributed by atoms with Gasteiger partial charge in [-0.25, -0.2) is 4.39 Å². The van der Waals surface area contributed by atoms with Gasteiger partial charge in [-0.2, -0.15) is 0 Å². The van der Waals surface area contributed by atoms with Crippen molar-refractivity contribution in [1.82, 2.24) is 0 Å². The second-order valence-electron chi connectivity index (χ2n) is 3.65. The number of hydrogen-bond donors (Lipinski definition) is 1. The Morgan fingerprint density at radius 2 is 2.12 bits per heavy atom. The molecule has 1 aromatic carbocycles. The molecule has 1 unspecified atom stereocenters. The average molecular weight is 224 g/mol. The van der Waals surface area contributed by atoms with Crippen molar-refractivity contribution in [2.45, 2.75) is 6.10 Å². The molecule has 1 atom stereocenters. The van der Waals surface area contributed by atoms with Crippen molar-refractivity contribution in [3.8, 4) is 0 Å². The Labute approximate surface area is 92.8 Å². The molecule has 0 bridgehead atoms. The molecule has 1 aromatic rings. The van der Waals surface area contributed by atoms with Crippen LogP contribution >= 0.6 is 0 Å². The smallest absolute Gasteiger partial charge is 0.253 e. The van der Waals surface area contributed by atoms with E-state index < -0.39 is 0 Å². The molecule has 0 aliphatic carbocycles. The Hall–Kier alpha value is -1.46. The van der Waals surface area contributed by atoms with Gasteiger partial charge in [0.2, 0.25) is 0 Å². The normalized spacial score (nSPS) is 21.2. The lowest BCUT2D eigenvalue weighted by Crippen LogP contribution is -2.49. The zero-order valence-electron chi connectivity index (χ0n) is 8.73. The zero-order valence-corrected chi connectivity index (χ0v) is 8.73. The fourth-order valence-electron chi connectivity index (χ4n) is 1.64. The van der Waals surface area contributed by atoms with Gasteiger partial charge in [-0.1, -0.05) is 0 Å². The molecule has 0 spiro atoms. The molecule has 0 aromatic heterocycles. The third-order valence-electron chi connectivity index (χ3n) is 2.53. The number of morpholine rings is 1. The molecule has 5 heteroatoms. The molecule has 1 aliphatic rings. The number of ether oxygens (including phenoxy) is 1. The Kier molecular flexibility index (Phi) is 3.17. The minimum absolute atomic E-state index is 0.0270. The van der Waals surface area contributed by atoms with Crippen LogP contribution in [0, 0.1) is 5.82 Å². The first-order valence-electron chi connectivity index (χ1n) is 5.08. The van der Waals surface area contributed by atoms with Crippen LogP contribution in [0.1, 0.15) is 0 Å². The van der Waals surface area contributed by atoms with Crippen LogP contribution in [0.3, 0.4) is 0 Å². The van der Waals surface area contributed by atoms with Crippen molar-refractivity contribution in [1.29, 1.82) is 0 Å². The van der Waals surface area contributed by atoms with Gasteiger partial charge < -0.3 is 15.4 Å². The summed E-state index contributed by atoms with van der Waals surface area (Å²) in [7, 11) is 0. The van der Waals surface area contributed by atoms with Gasteiger partial charge in [0, 0.05) is 12.2 Å². The van der Waals surface area contributed by atoms with Crippen LogP contribution < -0.4 is 10.6 Å². The molecule has 1 fully saturated rings. The van der Waals surface area contributed by atoms with Crippen LogP contribution in [0.25, 0.3) is 0 Å². The van der Waals surface area contributed by atoms with Gasteiger partial charge in [0.05, 0.1) is 12.6 Å². The molecule has 1 heterocycles. The van der Waals surface area contributed by atoms with Crippen molar-refractivity contribution in [2.75, 3.05) is 24.6 Å². The first-order chi connectivity index (χ1) is 7.70. The summed E-state index contributed by atoms with van der Waals surface area (Å²) in [6.45, 7) is 0.811. The summed E-state index contributed by atoms with van der Waals surface area (Å²) in [4.78, 5) is 13.2. The summed E-state index contributed by atoms with van der Waals surface area (Å²) in [6, 6.07) is 5.81. The molecule has 0 saturated carbocycles. The van der Waals surface area contributed by atoms with Gasteiger partial charge in [0.15, 0.2) is 0 Å². The van der Waals surface area contributed by atoms with Crippen LogP contribution in [0.5, 0.6) is 0 Å². The Morgan fingerprint density at radius 3 is 2.75 bits per heavy atom. The zero-order chi connectivity index (χ0) is 11.5. The Morgan fingerprint density at radius 1 is 1.44 bits per heavy atom. The first kappa shape index (κ1) is 11.0. The SMILES string of the molecule is NCC1CN(c2ccc(F)cc2)C(=O)CO1. The van der Waals surface area contributed by atoms with Gasteiger partial charge in [0.1, 0.15) is 12.4 Å². The largest absolute Gasteiger partial charge is 0.365 e. The van der Waals surface area contributed by atoms with Gasteiger partial charge in [-0.05, 0) is 24.3 Å². The topological polar surface area (TPSA) is 55.6 Å². The lowest BCUT2D eigenvalue weighted by molar-refractivity contribution is -0.128. The second-order valence-corrected chi connectivity index (χ2v) is 3.65. The maximum absolute atomic E-state index is 12.7. The van der Waals surface area contributed by atoms with Crippen LogP contribution in [0.15, 0.2) is 24.3 Å². The molecule has 16 heavy (non-hydrogen) atoms. The molecule has 86 valence electrons. The van der Waals surface area contributed by atoms with Crippen molar-refractivity contribution in [3.63, 3.8) is 0 Å². The number of amides is 1. The summed E-state index contributed by atoms with van der Waals surface area (Å²) in [5.41, 5.74) is 6.16. The number of carbonyl (C=O) groups excluding carboxylic acids is 1. The van der Waals surface area contributed by atoms with E-state index in [1.54, 1.807) is 17.0 Å². The number of hydrogen-bond acceptors (Lipinski definition) is 3. The average Bonchev–Trinajstić information content (AvgIpc) is 2.31. The van der Waals surface area contributed by atoms with Gasteiger partial charge in [-0.15, -0.1) is 0 Å². The van der Waals surface area contributed by atoms with Crippen molar-refractivity contribution >= 4 is 11.6 Å². The maximum Gasteiger partial charge on any atom is 0.253 e. The predicted molar refractivity (Wildman–Crippen MR) is 57.5 cm³/mol. The first-order valence-corrected chi connectivity index (χ1v) is 5.08. The summed E-state index contributed by atoms with van der Waals surface area (Å²) in [5.74, 6) is -0.448. The lowest BCUT2D eigenvalue weighted by Gasteiger charge is -2.32. The molecule has 1 saturated heterocycles. The van der Waals surface area contributed by atoms with Gasteiger partial charge >= 0.3 is 0 Å². The van der Waals surface area contributed by atoms with E-state index in [0.717, 1.165) is 0 Å². The lowest BCUT2D eigenvalue weighted by atomic mass is 10.2. The van der Waals surface area contributed by atoms with E-state index in [2.05, 4.69) is 0 Å². The number of carbonyl (C=O) groups is 1. The molecule has 4 nitrogen and oxygen atoms in total. The maximum atomic E-state index is 12.7. The highest BCUT2D eigenvalue weighted by Crippen LogP contribution is 2.18. The number of anilines is 1. The quantitative estimate of drug-likeness (QED) is 0.796. The number of nitrogens with zero attached hydrogens (tertiary/aromatic N) is 1. The summed E-state index contributed by atoms with van der Waals surface area (Å²) >= 11 is 0. The molecular formula is C11H13FN2O2. The van der Waals surface area contributed by atoms with Crippen LogP contribution in [0.4, 0.5) is 10.1 Å². The number of benzene rings is 1. The third kappa shape index (κ3) is 2.20. The second kappa shape index (κ2) is 4.59. The molecule has 1 amide bonds. The highest BCUT2D eigenvalue weighted by atomic mass is 19.1. The highest BCUT2D eigenvalue weighted by molar-refractivity contribution is 5.94. The monoisotopic (exact) mass is 224 g/mol. The molecular weight excluding hydrogens is 211 g/mol. The van der Waals surface area contributed by atoms with E-state index in [-0.39, 0.29) is 24.4 Å². The predicted octanol–water partition coefficient (Wildman–Crippen LogP) is 0.516. The summed E-state index contributed by atoms with van der Waals surface area (Å²) in [6.07, 6.45) is -0.150. The van der Waals surface area contributed by atoms with Crippen molar-refractivity contribution in [2.24, 2.45) is 5.73 Å². The number of rotatable bonds is 2. The molecule has 1 aliphatic heterocycles. The Balaban J connectivity index is 2.17. The molecule has 0 radical (unpaired) electrons. The third-order valence-corrected chi connectivity index (χ3v) is 2.53. The van der Waals surface area contributed by atoms with Crippen molar-refractivity contribution < 1.29 is 13.9 Å². The van der Waals surface area contributed by atoms with E-state index >= 15 is 0 Å². The Bertz CT molecular complexity index is 380. The fraction of sp³-hybridized carbons (Fsp3) is 0.364. The standard InChI is InChI=1S/C11H13FN2O2/c12-8-1-3-9(4-2-8)14-6-10(5-13)16-7-11(14)15/h1-4,10H,5-7,13H2. The van der Waals surface area contributed by atoms with E-state index in [4.69, 9.17) is 10.5 Å². The van der Waals surface area contributed by atoms with Crippen LogP contribution in [-0.4, -0.2) is 31.7 Å².